The van der Waals surface area contributed by atoms with E-state index >= 15 is 0 Å². The molecule has 3 heterocycles. The number of nitrogens with zero attached hydrogens (tertiary/aromatic N) is 3. The second-order valence-corrected chi connectivity index (χ2v) is 6.65. The molecule has 1 aromatic carbocycles. The molecule has 1 saturated heterocycles. The van der Waals surface area contributed by atoms with E-state index in [0.717, 1.165) is 47.0 Å². The number of imidazole rings is 1. The first-order valence-electron chi connectivity index (χ1n) is 7.99. The van der Waals surface area contributed by atoms with Crippen LogP contribution in [0.25, 0.3) is 11.0 Å². The minimum atomic E-state index is 0.326. The van der Waals surface area contributed by atoms with Crippen LogP contribution in [0.3, 0.4) is 0 Å². The van der Waals surface area contributed by atoms with Crippen LogP contribution in [-0.2, 0) is 6.54 Å². The highest BCUT2D eigenvalue weighted by Crippen LogP contribution is 2.33. The summed E-state index contributed by atoms with van der Waals surface area (Å²) in [4.78, 5) is 14.8. The van der Waals surface area contributed by atoms with Crippen molar-refractivity contribution < 1.29 is 0 Å². The Kier molecular flexibility index (Phi) is 3.79. The molecule has 0 saturated carbocycles. The van der Waals surface area contributed by atoms with E-state index in [9.17, 15) is 0 Å². The van der Waals surface area contributed by atoms with Gasteiger partial charge in [-0.15, -0.1) is 0 Å². The van der Waals surface area contributed by atoms with Gasteiger partial charge in [0.05, 0.1) is 22.1 Å². The van der Waals surface area contributed by atoms with E-state index in [4.69, 9.17) is 16.6 Å². The van der Waals surface area contributed by atoms with Gasteiger partial charge in [-0.2, -0.15) is 0 Å². The number of nitrogens with one attached hydrogen (secondary N) is 1. The average molecular weight is 327 g/mol. The first kappa shape index (κ1) is 14.7. The number of benzene rings is 1. The second kappa shape index (κ2) is 5.95. The molecule has 4 rings (SSSR count). The van der Waals surface area contributed by atoms with Gasteiger partial charge in [-0.25, -0.2) is 4.98 Å². The molecule has 0 aliphatic carbocycles. The summed E-state index contributed by atoms with van der Waals surface area (Å²) in [6.45, 7) is 4.01. The van der Waals surface area contributed by atoms with Crippen molar-refractivity contribution in [2.75, 3.05) is 6.54 Å². The third kappa shape index (κ3) is 2.84. The first-order chi connectivity index (χ1) is 11.2. The molecule has 3 aromatic rings. The van der Waals surface area contributed by atoms with Crippen LogP contribution in [0.15, 0.2) is 36.7 Å². The molecule has 118 valence electrons. The summed E-state index contributed by atoms with van der Waals surface area (Å²) in [5.41, 5.74) is 4.54. The molecular formula is C18H19ClN4. The maximum atomic E-state index is 6.27. The van der Waals surface area contributed by atoms with E-state index in [1.165, 1.54) is 12.0 Å². The van der Waals surface area contributed by atoms with Crippen LogP contribution in [0.5, 0.6) is 0 Å². The summed E-state index contributed by atoms with van der Waals surface area (Å²) >= 11 is 6.27. The Morgan fingerprint density at radius 3 is 3.13 bits per heavy atom. The molecule has 1 N–H and O–H groups in total. The van der Waals surface area contributed by atoms with Crippen LogP contribution in [0.1, 0.15) is 35.8 Å². The Labute approximate surface area is 140 Å². The van der Waals surface area contributed by atoms with Crippen molar-refractivity contribution in [3.8, 4) is 0 Å². The fourth-order valence-electron chi connectivity index (χ4n) is 3.38. The summed E-state index contributed by atoms with van der Waals surface area (Å²) in [7, 11) is 0. The number of H-pyrrole nitrogens is 1. The summed E-state index contributed by atoms with van der Waals surface area (Å²) in [5, 5.41) is 0.735. The number of aromatic amines is 1. The number of aryl methyl sites for hydroxylation is 1. The quantitative estimate of drug-likeness (QED) is 0.782. The van der Waals surface area contributed by atoms with Gasteiger partial charge in [0.15, 0.2) is 0 Å². The number of hydrogen-bond acceptors (Lipinski definition) is 3. The van der Waals surface area contributed by atoms with Crippen molar-refractivity contribution in [2.24, 2.45) is 0 Å². The number of aromatic nitrogens is 3. The van der Waals surface area contributed by atoms with Crippen LogP contribution in [0.2, 0.25) is 5.02 Å². The fraction of sp³-hybridized carbons (Fsp3) is 0.333. The van der Waals surface area contributed by atoms with Gasteiger partial charge < -0.3 is 4.98 Å². The van der Waals surface area contributed by atoms with Crippen LogP contribution in [0, 0.1) is 6.92 Å². The van der Waals surface area contributed by atoms with Crippen molar-refractivity contribution in [2.45, 2.75) is 32.4 Å². The predicted octanol–water partition coefficient (Wildman–Crippen LogP) is 4.26. The van der Waals surface area contributed by atoms with Gasteiger partial charge in [0.2, 0.25) is 0 Å². The lowest BCUT2D eigenvalue weighted by Gasteiger charge is -2.23. The topological polar surface area (TPSA) is 44.8 Å². The van der Waals surface area contributed by atoms with Gasteiger partial charge >= 0.3 is 0 Å². The van der Waals surface area contributed by atoms with Gasteiger partial charge in [-0.3, -0.25) is 9.88 Å². The molecule has 0 unspecified atom stereocenters. The maximum Gasteiger partial charge on any atom is 0.124 e. The second-order valence-electron chi connectivity index (χ2n) is 6.24. The summed E-state index contributed by atoms with van der Waals surface area (Å²) in [6.07, 6.45) is 5.83. The maximum absolute atomic E-state index is 6.27. The smallest absolute Gasteiger partial charge is 0.124 e. The molecule has 0 spiro atoms. The van der Waals surface area contributed by atoms with E-state index < -0.39 is 0 Å². The minimum Gasteiger partial charge on any atom is -0.341 e. The zero-order chi connectivity index (χ0) is 15.8. The summed E-state index contributed by atoms with van der Waals surface area (Å²) in [5.74, 6) is 1.06. The van der Waals surface area contributed by atoms with Gasteiger partial charge in [0.1, 0.15) is 5.82 Å². The highest BCUT2D eigenvalue weighted by Gasteiger charge is 2.28. The Hall–Kier alpha value is -1.91. The molecule has 1 atom stereocenters. The summed E-state index contributed by atoms with van der Waals surface area (Å²) < 4.78 is 0. The standard InChI is InChI=1S/C18H19ClN4/c1-12-4-5-15-16(9-12)22-18(21-15)17-3-2-8-23(17)11-13-6-7-20-10-14(13)19/h4-7,9-10,17H,2-3,8,11H2,1H3,(H,21,22)/t17-/m0/s1. The third-order valence-electron chi connectivity index (χ3n) is 4.56. The normalized spacial score (nSPS) is 18.8. The lowest BCUT2D eigenvalue weighted by atomic mass is 10.2. The molecule has 23 heavy (non-hydrogen) atoms. The number of rotatable bonds is 3. The average Bonchev–Trinajstić information content (AvgIpc) is 3.15. The highest BCUT2D eigenvalue weighted by molar-refractivity contribution is 6.31. The highest BCUT2D eigenvalue weighted by atomic mass is 35.5. The number of pyridine rings is 1. The van der Waals surface area contributed by atoms with Crippen LogP contribution >= 0.6 is 11.6 Å². The van der Waals surface area contributed by atoms with Crippen LogP contribution in [0.4, 0.5) is 0 Å². The molecule has 0 amide bonds. The monoisotopic (exact) mass is 326 g/mol. The van der Waals surface area contributed by atoms with E-state index in [0.29, 0.717) is 6.04 Å². The number of hydrogen-bond donors (Lipinski definition) is 1. The molecule has 4 nitrogen and oxygen atoms in total. The van der Waals surface area contributed by atoms with Crippen molar-refractivity contribution in [3.05, 3.63) is 58.6 Å². The number of likely N-dealkylation sites (tertiary alicyclic amines) is 1. The van der Waals surface area contributed by atoms with Gasteiger partial charge in [0.25, 0.3) is 0 Å². The Morgan fingerprint density at radius 1 is 1.35 bits per heavy atom. The molecule has 0 bridgehead atoms. The largest absolute Gasteiger partial charge is 0.341 e. The van der Waals surface area contributed by atoms with E-state index in [2.05, 4.69) is 40.0 Å². The fourth-order valence-corrected chi connectivity index (χ4v) is 3.56. The van der Waals surface area contributed by atoms with Crippen molar-refractivity contribution in [1.82, 2.24) is 19.9 Å². The molecular weight excluding hydrogens is 308 g/mol. The molecule has 5 heteroatoms. The summed E-state index contributed by atoms with van der Waals surface area (Å²) in [6, 6.07) is 8.68. The SMILES string of the molecule is Cc1ccc2nc([C@@H]3CCCN3Cc3ccncc3Cl)[nH]c2c1. The van der Waals surface area contributed by atoms with Crippen molar-refractivity contribution in [3.63, 3.8) is 0 Å². The molecule has 1 aliphatic heterocycles. The van der Waals surface area contributed by atoms with Crippen LogP contribution < -0.4 is 0 Å². The Balaban J connectivity index is 1.62. The van der Waals surface area contributed by atoms with Gasteiger partial charge in [-0.1, -0.05) is 17.7 Å². The van der Waals surface area contributed by atoms with E-state index in [1.54, 1.807) is 12.4 Å². The third-order valence-corrected chi connectivity index (χ3v) is 4.91. The zero-order valence-corrected chi connectivity index (χ0v) is 13.8. The van der Waals surface area contributed by atoms with Crippen LogP contribution in [-0.4, -0.2) is 26.4 Å². The zero-order valence-electron chi connectivity index (χ0n) is 13.1. The number of fused-ring (bicyclic) bond motifs is 1. The minimum absolute atomic E-state index is 0.326. The molecule has 1 fully saturated rings. The molecule has 0 radical (unpaired) electrons. The van der Waals surface area contributed by atoms with E-state index in [-0.39, 0.29) is 0 Å². The lowest BCUT2D eigenvalue weighted by molar-refractivity contribution is 0.241. The lowest BCUT2D eigenvalue weighted by Crippen LogP contribution is -2.23. The molecule has 1 aliphatic rings. The number of halogens is 1. The Morgan fingerprint density at radius 2 is 2.26 bits per heavy atom. The first-order valence-corrected chi connectivity index (χ1v) is 8.37. The van der Waals surface area contributed by atoms with Crippen molar-refractivity contribution >= 4 is 22.6 Å². The van der Waals surface area contributed by atoms with Gasteiger partial charge in [0, 0.05) is 18.9 Å². The van der Waals surface area contributed by atoms with E-state index in [1.807, 2.05) is 6.07 Å². The van der Waals surface area contributed by atoms with Gasteiger partial charge in [-0.05, 0) is 55.6 Å². The molecule has 2 aromatic heterocycles. The Bertz CT molecular complexity index is 842. The van der Waals surface area contributed by atoms with Crippen molar-refractivity contribution in [1.29, 1.82) is 0 Å². The predicted molar refractivity (Wildman–Crippen MR) is 92.5 cm³/mol.